The van der Waals surface area contributed by atoms with Gasteiger partial charge < -0.3 is 10.1 Å². The van der Waals surface area contributed by atoms with E-state index in [9.17, 15) is 14.4 Å². The number of nitriles is 2. The Kier molecular flexibility index (Phi) is 4.88. The predicted octanol–water partition coefficient (Wildman–Crippen LogP) is 2.62. The van der Waals surface area contributed by atoms with Crippen LogP contribution in [-0.2, 0) is 4.74 Å². The Morgan fingerprint density at radius 1 is 1.04 bits per heavy atom. The number of carbonyl (C=O) groups is 3. The van der Waals surface area contributed by atoms with Crippen LogP contribution in [0.25, 0.3) is 0 Å². The number of hydrogen-bond donors (Lipinski definition) is 1. The quantitative estimate of drug-likeness (QED) is 0.497. The van der Waals surface area contributed by atoms with E-state index in [4.69, 9.17) is 10.5 Å². The molecule has 0 saturated heterocycles. The van der Waals surface area contributed by atoms with E-state index in [1.165, 1.54) is 49.7 Å². The zero-order valence-electron chi connectivity index (χ0n) is 14.6. The standard InChI is InChI=1S/C20H12N4O4/c1-28-20(27)13-2-5-15(6-3-13)24-18(25)16-7-4-14(8-17(16)19(24)26)23-11-12(9-21)10-22/h2-8,11,23H,1H3. The number of nitrogens with one attached hydrogen (secondary N) is 1. The summed E-state index contributed by atoms with van der Waals surface area (Å²) in [6.45, 7) is 0. The summed E-state index contributed by atoms with van der Waals surface area (Å²) in [4.78, 5) is 37.9. The average molecular weight is 372 g/mol. The van der Waals surface area contributed by atoms with E-state index < -0.39 is 17.8 Å². The highest BCUT2D eigenvalue weighted by Crippen LogP contribution is 2.30. The minimum Gasteiger partial charge on any atom is -0.465 e. The first-order valence-electron chi connectivity index (χ1n) is 7.98. The van der Waals surface area contributed by atoms with Gasteiger partial charge in [-0.2, -0.15) is 10.5 Å². The first-order chi connectivity index (χ1) is 13.5. The van der Waals surface area contributed by atoms with Crippen molar-refractivity contribution < 1.29 is 19.1 Å². The molecule has 1 N–H and O–H groups in total. The third-order valence-electron chi connectivity index (χ3n) is 4.06. The van der Waals surface area contributed by atoms with E-state index in [1.54, 1.807) is 18.2 Å². The van der Waals surface area contributed by atoms with Crippen LogP contribution in [0.5, 0.6) is 0 Å². The van der Waals surface area contributed by atoms with E-state index in [0.717, 1.165) is 4.90 Å². The number of anilines is 2. The number of nitrogens with zero attached hydrogens (tertiary/aromatic N) is 3. The Morgan fingerprint density at radius 2 is 1.68 bits per heavy atom. The van der Waals surface area contributed by atoms with Gasteiger partial charge in [0.25, 0.3) is 11.8 Å². The van der Waals surface area contributed by atoms with E-state index in [-0.39, 0.29) is 16.7 Å². The SMILES string of the molecule is COC(=O)c1ccc(N2C(=O)c3ccc(NC=C(C#N)C#N)cc3C2=O)cc1. The molecule has 0 bridgehead atoms. The van der Waals surface area contributed by atoms with Crippen molar-refractivity contribution in [2.75, 3.05) is 17.3 Å². The van der Waals surface area contributed by atoms with Crippen molar-refractivity contribution in [1.82, 2.24) is 0 Å². The van der Waals surface area contributed by atoms with Crippen LogP contribution in [0.2, 0.25) is 0 Å². The number of carbonyl (C=O) groups excluding carboxylic acids is 3. The first-order valence-corrected chi connectivity index (χ1v) is 7.98. The van der Waals surface area contributed by atoms with Crippen molar-refractivity contribution in [2.24, 2.45) is 0 Å². The lowest BCUT2D eigenvalue weighted by molar-refractivity contribution is 0.0600. The smallest absolute Gasteiger partial charge is 0.337 e. The highest BCUT2D eigenvalue weighted by atomic mass is 16.5. The van der Waals surface area contributed by atoms with Crippen LogP contribution in [0, 0.1) is 22.7 Å². The summed E-state index contributed by atoms with van der Waals surface area (Å²) in [5.41, 5.74) is 1.37. The molecule has 0 aliphatic carbocycles. The largest absolute Gasteiger partial charge is 0.465 e. The van der Waals surface area contributed by atoms with Crippen LogP contribution in [0.15, 0.2) is 54.2 Å². The number of amides is 2. The monoisotopic (exact) mass is 372 g/mol. The summed E-state index contributed by atoms with van der Waals surface area (Å²) >= 11 is 0. The molecule has 0 spiro atoms. The Morgan fingerprint density at radius 3 is 2.29 bits per heavy atom. The highest BCUT2D eigenvalue weighted by molar-refractivity contribution is 6.34. The Bertz CT molecular complexity index is 1090. The van der Waals surface area contributed by atoms with Crippen molar-refractivity contribution in [2.45, 2.75) is 0 Å². The van der Waals surface area contributed by atoms with Gasteiger partial charge in [0.05, 0.1) is 29.5 Å². The van der Waals surface area contributed by atoms with Crippen LogP contribution >= 0.6 is 0 Å². The molecule has 2 aromatic rings. The predicted molar refractivity (Wildman–Crippen MR) is 98.3 cm³/mol. The fourth-order valence-electron chi connectivity index (χ4n) is 2.67. The van der Waals surface area contributed by atoms with Gasteiger partial charge in [-0.15, -0.1) is 0 Å². The normalized spacial score (nSPS) is 11.9. The van der Waals surface area contributed by atoms with E-state index in [1.807, 2.05) is 0 Å². The van der Waals surface area contributed by atoms with Gasteiger partial charge in [-0.3, -0.25) is 9.59 Å². The maximum atomic E-state index is 12.8. The molecule has 8 nitrogen and oxygen atoms in total. The number of fused-ring (bicyclic) bond motifs is 1. The van der Waals surface area contributed by atoms with Crippen LogP contribution in [0.4, 0.5) is 11.4 Å². The van der Waals surface area contributed by atoms with Gasteiger partial charge in [-0.05, 0) is 42.5 Å². The summed E-state index contributed by atoms with van der Waals surface area (Å²) in [6.07, 6.45) is 1.21. The van der Waals surface area contributed by atoms with Crippen molar-refractivity contribution >= 4 is 29.2 Å². The summed E-state index contributed by atoms with van der Waals surface area (Å²) in [5, 5.41) is 20.3. The minimum atomic E-state index is -0.521. The lowest BCUT2D eigenvalue weighted by Gasteiger charge is -2.14. The second-order valence-electron chi connectivity index (χ2n) is 5.67. The van der Waals surface area contributed by atoms with Gasteiger partial charge >= 0.3 is 5.97 Å². The van der Waals surface area contributed by atoms with Crippen molar-refractivity contribution in [3.63, 3.8) is 0 Å². The molecule has 2 amide bonds. The number of ether oxygens (including phenoxy) is 1. The Hall–Kier alpha value is -4.43. The summed E-state index contributed by atoms with van der Waals surface area (Å²) < 4.78 is 4.63. The van der Waals surface area contributed by atoms with Gasteiger partial charge in [0.2, 0.25) is 0 Å². The van der Waals surface area contributed by atoms with Crippen molar-refractivity contribution in [1.29, 1.82) is 10.5 Å². The second kappa shape index (κ2) is 7.44. The maximum Gasteiger partial charge on any atom is 0.337 e. The molecule has 0 saturated carbocycles. The lowest BCUT2D eigenvalue weighted by atomic mass is 10.1. The van der Waals surface area contributed by atoms with Crippen LogP contribution in [-0.4, -0.2) is 24.9 Å². The molecular formula is C20H12N4O4. The van der Waals surface area contributed by atoms with E-state index >= 15 is 0 Å². The zero-order valence-corrected chi connectivity index (χ0v) is 14.6. The average Bonchev–Trinajstić information content (AvgIpc) is 2.98. The fourth-order valence-corrected chi connectivity index (χ4v) is 2.67. The molecule has 0 radical (unpaired) electrons. The van der Waals surface area contributed by atoms with Gasteiger partial charge in [0.15, 0.2) is 0 Å². The number of rotatable bonds is 4. The zero-order chi connectivity index (χ0) is 20.3. The Labute approximate surface area is 159 Å². The molecule has 1 aliphatic heterocycles. The van der Waals surface area contributed by atoms with Crippen LogP contribution < -0.4 is 10.2 Å². The molecule has 28 heavy (non-hydrogen) atoms. The molecule has 3 rings (SSSR count). The number of allylic oxidation sites excluding steroid dienone is 1. The van der Waals surface area contributed by atoms with Crippen molar-refractivity contribution in [3.05, 3.63) is 70.9 Å². The van der Waals surface area contributed by atoms with E-state index in [2.05, 4.69) is 10.1 Å². The van der Waals surface area contributed by atoms with Crippen LogP contribution in [0.3, 0.4) is 0 Å². The van der Waals surface area contributed by atoms with Gasteiger partial charge in [0, 0.05) is 11.9 Å². The molecule has 0 unspecified atom stereocenters. The van der Waals surface area contributed by atoms with E-state index in [0.29, 0.717) is 16.9 Å². The number of methoxy groups -OCH3 is 1. The minimum absolute atomic E-state index is 0.129. The van der Waals surface area contributed by atoms with Gasteiger partial charge in [-0.1, -0.05) is 0 Å². The molecule has 1 aliphatic rings. The Balaban J connectivity index is 1.89. The molecule has 8 heteroatoms. The summed E-state index contributed by atoms with van der Waals surface area (Å²) in [7, 11) is 1.26. The number of imide groups is 1. The third-order valence-corrected chi connectivity index (χ3v) is 4.06. The number of hydrogen-bond acceptors (Lipinski definition) is 7. The summed E-state index contributed by atoms with van der Waals surface area (Å²) in [5.74, 6) is -1.52. The van der Waals surface area contributed by atoms with Crippen LogP contribution in [0.1, 0.15) is 31.1 Å². The van der Waals surface area contributed by atoms with Gasteiger partial charge in [-0.25, -0.2) is 9.69 Å². The third kappa shape index (κ3) is 3.18. The molecule has 2 aromatic carbocycles. The fraction of sp³-hybridized carbons (Fsp3) is 0.0500. The highest BCUT2D eigenvalue weighted by Gasteiger charge is 2.36. The van der Waals surface area contributed by atoms with Gasteiger partial charge in [0.1, 0.15) is 17.7 Å². The number of esters is 1. The molecule has 1 heterocycles. The molecular weight excluding hydrogens is 360 g/mol. The maximum absolute atomic E-state index is 12.8. The molecule has 0 atom stereocenters. The lowest BCUT2D eigenvalue weighted by Crippen LogP contribution is -2.29. The second-order valence-corrected chi connectivity index (χ2v) is 5.67. The molecule has 0 aromatic heterocycles. The molecule has 0 fully saturated rings. The first kappa shape index (κ1) is 18.4. The van der Waals surface area contributed by atoms with Crippen molar-refractivity contribution in [3.8, 4) is 12.1 Å². The summed E-state index contributed by atoms with van der Waals surface area (Å²) in [6, 6.07) is 13.9. The topological polar surface area (TPSA) is 123 Å². The molecule has 136 valence electrons. The number of benzene rings is 2.